The third-order valence-corrected chi connectivity index (χ3v) is 9.24. The molecule has 3 aromatic rings. The fourth-order valence-corrected chi connectivity index (χ4v) is 6.88. The van der Waals surface area contributed by atoms with Crippen molar-refractivity contribution in [3.05, 3.63) is 47.2 Å². The van der Waals surface area contributed by atoms with Gasteiger partial charge in [0.25, 0.3) is 0 Å². The van der Waals surface area contributed by atoms with Crippen molar-refractivity contribution in [2.24, 2.45) is 11.8 Å². The summed E-state index contributed by atoms with van der Waals surface area (Å²) in [7, 11) is 1.71. The summed E-state index contributed by atoms with van der Waals surface area (Å²) in [6.07, 6.45) is 6.01. The van der Waals surface area contributed by atoms with E-state index in [4.69, 9.17) is 4.74 Å². The Labute approximate surface area is 247 Å². The lowest BCUT2D eigenvalue weighted by molar-refractivity contribution is -0.141. The Morgan fingerprint density at radius 3 is 2.62 bits per heavy atom. The number of aliphatic carboxylic acids is 1. The van der Waals surface area contributed by atoms with Crippen LogP contribution in [0.5, 0.6) is 0 Å². The molecule has 1 N–H and O–H groups in total. The number of carboxylic acid groups (broad SMARTS) is 1. The van der Waals surface area contributed by atoms with Crippen LogP contribution in [0.1, 0.15) is 50.5 Å². The number of carbonyl (C=O) groups excluding carboxylic acids is 2. The second kappa shape index (κ2) is 11.9. The van der Waals surface area contributed by atoms with Crippen LogP contribution in [0.4, 0.5) is 15.3 Å². The van der Waals surface area contributed by atoms with E-state index in [1.54, 1.807) is 29.1 Å². The number of ether oxygens (including phenoxy) is 1. The van der Waals surface area contributed by atoms with Gasteiger partial charge < -0.3 is 9.84 Å². The average Bonchev–Trinajstić information content (AvgIpc) is 3.75. The topological polar surface area (TPSA) is 113 Å². The predicted octanol–water partition coefficient (Wildman–Crippen LogP) is 5.32. The van der Waals surface area contributed by atoms with E-state index in [-0.39, 0.29) is 41.0 Å². The Balaban J connectivity index is 1.32. The predicted molar refractivity (Wildman–Crippen MR) is 157 cm³/mol. The van der Waals surface area contributed by atoms with Gasteiger partial charge in [-0.25, -0.2) is 9.97 Å². The Kier molecular flexibility index (Phi) is 8.04. The van der Waals surface area contributed by atoms with E-state index >= 15 is 4.39 Å². The van der Waals surface area contributed by atoms with Crippen LogP contribution in [0, 0.1) is 17.0 Å². The van der Waals surface area contributed by atoms with Crippen molar-refractivity contribution in [2.75, 3.05) is 30.1 Å². The summed E-state index contributed by atoms with van der Waals surface area (Å²) >= 11 is 0.824. The molecule has 220 valence electrons. The molecular weight excluding hydrogens is 559 g/mol. The molecule has 1 aromatic carbocycles. The van der Waals surface area contributed by atoms with Gasteiger partial charge in [-0.2, -0.15) is 4.39 Å². The summed E-state index contributed by atoms with van der Waals surface area (Å²) in [5.74, 6) is -1.16. The number of carboxylic acids is 1. The number of pyridine rings is 1. The van der Waals surface area contributed by atoms with Gasteiger partial charge >= 0.3 is 5.97 Å². The number of fused-ring (bicyclic) bond motifs is 1. The number of benzene rings is 1. The Morgan fingerprint density at radius 1 is 1.17 bits per heavy atom. The van der Waals surface area contributed by atoms with E-state index in [1.165, 1.54) is 0 Å². The summed E-state index contributed by atoms with van der Waals surface area (Å²) in [6, 6.07) is 9.25. The summed E-state index contributed by atoms with van der Waals surface area (Å²) in [4.78, 5) is 50.1. The quantitative estimate of drug-likeness (QED) is 0.358. The zero-order chi connectivity index (χ0) is 29.4. The van der Waals surface area contributed by atoms with Crippen LogP contribution >= 0.6 is 11.3 Å². The maximum atomic E-state index is 15.7. The third-order valence-electron chi connectivity index (χ3n) is 8.40. The molecule has 1 aliphatic carbocycles. The highest BCUT2D eigenvalue weighted by Gasteiger charge is 2.40. The standard InChI is InChI=1S/C31H33FN4O5S/c1-35-25(37)9-6-19-15-21(17-33-29(19)35)23-4-2-3-5-24(23)27-28(32)42-31(34-27)36(22-7-8-22)30(40)20(16-26(38)39)14-18-10-12-41-13-11-18/h2-5,15,17-18,20,22H,6-14,16H2,1H3,(H,38,39). The molecule has 2 aromatic heterocycles. The highest BCUT2D eigenvalue weighted by Crippen LogP contribution is 2.42. The number of hydrogen-bond donors (Lipinski definition) is 1. The highest BCUT2D eigenvalue weighted by atomic mass is 32.1. The number of nitrogens with zero attached hydrogens (tertiary/aromatic N) is 4. The lowest BCUT2D eigenvalue weighted by Gasteiger charge is -2.29. The molecule has 3 aliphatic rings. The van der Waals surface area contributed by atoms with Crippen LogP contribution in [0.25, 0.3) is 22.4 Å². The number of anilines is 2. The van der Waals surface area contributed by atoms with Gasteiger partial charge in [0.2, 0.25) is 16.9 Å². The van der Waals surface area contributed by atoms with Crippen molar-refractivity contribution < 1.29 is 28.6 Å². The minimum atomic E-state index is -1.02. The first-order valence-electron chi connectivity index (χ1n) is 14.4. The number of carbonyl (C=O) groups is 3. The van der Waals surface area contributed by atoms with E-state index in [2.05, 4.69) is 9.97 Å². The summed E-state index contributed by atoms with van der Waals surface area (Å²) in [5, 5.41) is 9.37. The Morgan fingerprint density at radius 2 is 1.90 bits per heavy atom. The number of amides is 2. The lowest BCUT2D eigenvalue weighted by atomic mass is 9.86. The van der Waals surface area contributed by atoms with Crippen LogP contribution in [0.3, 0.4) is 0 Å². The average molecular weight is 593 g/mol. The first-order valence-corrected chi connectivity index (χ1v) is 15.3. The highest BCUT2D eigenvalue weighted by molar-refractivity contribution is 7.14. The molecule has 42 heavy (non-hydrogen) atoms. The van der Waals surface area contributed by atoms with E-state index in [0.29, 0.717) is 43.9 Å². The molecule has 2 aliphatic heterocycles. The van der Waals surface area contributed by atoms with E-state index < -0.39 is 17.0 Å². The Bertz CT molecular complexity index is 1520. The number of hydrogen-bond acceptors (Lipinski definition) is 7. The van der Waals surface area contributed by atoms with Gasteiger partial charge in [0.15, 0.2) is 5.13 Å². The molecule has 9 nitrogen and oxygen atoms in total. The minimum absolute atomic E-state index is 0.0216. The molecule has 2 amide bonds. The Hall–Kier alpha value is -3.70. The molecule has 0 bridgehead atoms. The number of aryl methyl sites for hydroxylation is 1. The molecule has 2 fully saturated rings. The van der Waals surface area contributed by atoms with Gasteiger partial charge in [-0.15, -0.1) is 0 Å². The molecule has 1 atom stereocenters. The number of rotatable bonds is 9. The first kappa shape index (κ1) is 28.4. The van der Waals surface area contributed by atoms with Gasteiger partial charge in [-0.1, -0.05) is 35.6 Å². The van der Waals surface area contributed by atoms with Crippen molar-refractivity contribution in [1.82, 2.24) is 9.97 Å². The molecule has 0 radical (unpaired) electrons. The number of aromatic nitrogens is 2. The fourth-order valence-electron chi connectivity index (χ4n) is 5.99. The normalized spacial score (nSPS) is 18.0. The third kappa shape index (κ3) is 5.80. The number of halogens is 1. The van der Waals surface area contributed by atoms with Crippen LogP contribution < -0.4 is 9.80 Å². The molecule has 11 heteroatoms. The van der Waals surface area contributed by atoms with E-state index in [9.17, 15) is 19.5 Å². The van der Waals surface area contributed by atoms with Crippen molar-refractivity contribution in [3.63, 3.8) is 0 Å². The lowest BCUT2D eigenvalue weighted by Crippen LogP contribution is -2.40. The van der Waals surface area contributed by atoms with Crippen LogP contribution in [0.15, 0.2) is 36.5 Å². The second-order valence-corrected chi connectivity index (χ2v) is 12.3. The summed E-state index contributed by atoms with van der Waals surface area (Å²) < 4.78 is 21.1. The molecule has 1 saturated carbocycles. The molecule has 1 unspecified atom stereocenters. The zero-order valence-electron chi connectivity index (χ0n) is 23.4. The molecule has 0 spiro atoms. The second-order valence-electron chi connectivity index (χ2n) is 11.3. The van der Waals surface area contributed by atoms with Gasteiger partial charge in [0.1, 0.15) is 11.5 Å². The minimum Gasteiger partial charge on any atom is -0.481 e. The van der Waals surface area contributed by atoms with Crippen molar-refractivity contribution in [2.45, 2.75) is 57.4 Å². The maximum Gasteiger partial charge on any atom is 0.304 e. The van der Waals surface area contributed by atoms with Crippen LogP contribution in [-0.2, 0) is 25.5 Å². The smallest absolute Gasteiger partial charge is 0.304 e. The van der Waals surface area contributed by atoms with Crippen molar-refractivity contribution in [1.29, 1.82) is 0 Å². The molecule has 1 saturated heterocycles. The summed E-state index contributed by atoms with van der Waals surface area (Å²) in [6.45, 7) is 1.22. The largest absolute Gasteiger partial charge is 0.481 e. The first-order chi connectivity index (χ1) is 20.3. The summed E-state index contributed by atoms with van der Waals surface area (Å²) in [5.41, 5.74) is 3.20. The maximum absolute atomic E-state index is 15.7. The molecule has 4 heterocycles. The molecular formula is C31H33FN4O5S. The SMILES string of the molecule is CN1C(=O)CCc2cc(-c3ccccc3-c3nc(N(C(=O)C(CC(=O)O)CC4CCOCC4)C4CC4)sc3F)cnc21. The van der Waals surface area contributed by atoms with Crippen molar-refractivity contribution in [3.8, 4) is 22.4 Å². The van der Waals surface area contributed by atoms with E-state index in [1.807, 2.05) is 24.3 Å². The van der Waals surface area contributed by atoms with Crippen LogP contribution in [0.2, 0.25) is 0 Å². The van der Waals surface area contributed by atoms with Gasteiger partial charge in [0, 0.05) is 56.0 Å². The van der Waals surface area contributed by atoms with Crippen LogP contribution in [-0.4, -0.2) is 59.2 Å². The zero-order valence-corrected chi connectivity index (χ0v) is 24.2. The van der Waals surface area contributed by atoms with E-state index in [0.717, 1.165) is 53.7 Å². The molecule has 6 rings (SSSR count). The van der Waals surface area contributed by atoms with Gasteiger partial charge in [0.05, 0.1) is 6.42 Å². The number of thiazole rings is 1. The van der Waals surface area contributed by atoms with Gasteiger partial charge in [-0.3, -0.25) is 24.2 Å². The fraction of sp³-hybridized carbons (Fsp3) is 0.452. The van der Waals surface area contributed by atoms with Crippen molar-refractivity contribution >= 4 is 40.1 Å². The monoisotopic (exact) mass is 592 g/mol. The van der Waals surface area contributed by atoms with Gasteiger partial charge in [-0.05, 0) is 61.6 Å².